The molecule has 8 heteroatoms. The molecule has 7 nitrogen and oxygen atoms in total. The third-order valence-electron chi connectivity index (χ3n) is 3.59. The number of carbonyl (C=O) groups is 2. The third-order valence-corrected chi connectivity index (χ3v) is 4.35. The van der Waals surface area contributed by atoms with E-state index in [4.69, 9.17) is 4.74 Å². The van der Waals surface area contributed by atoms with Crippen LogP contribution in [0.4, 0.5) is 0 Å². The lowest BCUT2D eigenvalue weighted by Crippen LogP contribution is -2.24. The first-order chi connectivity index (χ1) is 13.1. The Balaban J connectivity index is 1.41. The average Bonchev–Trinajstić information content (AvgIpc) is 3.15. The van der Waals surface area contributed by atoms with Gasteiger partial charge in [-0.15, -0.1) is 11.3 Å². The van der Waals surface area contributed by atoms with E-state index in [-0.39, 0.29) is 31.0 Å². The molecule has 0 radical (unpaired) electrons. The van der Waals surface area contributed by atoms with Crippen molar-refractivity contribution in [3.8, 4) is 0 Å². The quantitative estimate of drug-likeness (QED) is 0.498. The summed E-state index contributed by atoms with van der Waals surface area (Å²) in [4.78, 5) is 40.1. The van der Waals surface area contributed by atoms with Crippen molar-refractivity contribution in [1.29, 1.82) is 0 Å². The van der Waals surface area contributed by atoms with Crippen LogP contribution in [0.2, 0.25) is 0 Å². The fourth-order valence-corrected chi connectivity index (χ4v) is 3.01. The molecule has 0 aliphatic rings. The van der Waals surface area contributed by atoms with E-state index >= 15 is 0 Å². The average molecular weight is 383 g/mol. The SMILES string of the molecule is O=C(/C=C/c1ccccc1)NCCC(=O)OCc1cc(=O)n2ccsc2n1. The number of rotatable bonds is 7. The highest BCUT2D eigenvalue weighted by atomic mass is 32.1. The summed E-state index contributed by atoms with van der Waals surface area (Å²) >= 11 is 1.33. The number of amides is 1. The Hall–Kier alpha value is -3.26. The summed E-state index contributed by atoms with van der Waals surface area (Å²) in [6.07, 6.45) is 4.78. The van der Waals surface area contributed by atoms with Gasteiger partial charge >= 0.3 is 5.97 Å². The van der Waals surface area contributed by atoms with Gasteiger partial charge in [0.25, 0.3) is 5.56 Å². The minimum atomic E-state index is -0.476. The van der Waals surface area contributed by atoms with Crippen molar-refractivity contribution in [2.45, 2.75) is 13.0 Å². The van der Waals surface area contributed by atoms with Crippen LogP contribution in [0.1, 0.15) is 17.7 Å². The summed E-state index contributed by atoms with van der Waals surface area (Å²) in [5.74, 6) is -0.764. The fourth-order valence-electron chi connectivity index (χ4n) is 2.27. The van der Waals surface area contributed by atoms with E-state index in [0.717, 1.165) is 5.56 Å². The van der Waals surface area contributed by atoms with E-state index in [1.165, 1.54) is 27.9 Å². The molecule has 2 aromatic heterocycles. The number of fused-ring (bicyclic) bond motifs is 1. The van der Waals surface area contributed by atoms with Crippen LogP contribution in [0, 0.1) is 0 Å². The van der Waals surface area contributed by atoms with Crippen LogP contribution < -0.4 is 10.9 Å². The Bertz CT molecular complexity index is 1020. The van der Waals surface area contributed by atoms with Gasteiger partial charge < -0.3 is 10.1 Å². The van der Waals surface area contributed by atoms with E-state index in [1.54, 1.807) is 17.7 Å². The van der Waals surface area contributed by atoms with E-state index in [2.05, 4.69) is 10.3 Å². The summed E-state index contributed by atoms with van der Waals surface area (Å²) in [7, 11) is 0. The number of aromatic nitrogens is 2. The largest absolute Gasteiger partial charge is 0.459 e. The maximum absolute atomic E-state index is 11.9. The molecule has 0 aliphatic heterocycles. The molecular weight excluding hydrogens is 366 g/mol. The Labute approximate surface area is 158 Å². The first-order valence-electron chi connectivity index (χ1n) is 8.24. The van der Waals surface area contributed by atoms with Crippen molar-refractivity contribution < 1.29 is 14.3 Å². The lowest BCUT2D eigenvalue weighted by atomic mass is 10.2. The second kappa shape index (κ2) is 8.91. The van der Waals surface area contributed by atoms with Gasteiger partial charge in [0.05, 0.1) is 12.1 Å². The van der Waals surface area contributed by atoms with Crippen LogP contribution in [-0.4, -0.2) is 27.8 Å². The zero-order chi connectivity index (χ0) is 19.1. The second-order valence-corrected chi connectivity index (χ2v) is 6.46. The Morgan fingerprint density at radius 1 is 1.26 bits per heavy atom. The van der Waals surface area contributed by atoms with Crippen LogP contribution >= 0.6 is 11.3 Å². The number of hydrogen-bond donors (Lipinski definition) is 1. The summed E-state index contributed by atoms with van der Waals surface area (Å²) in [5.41, 5.74) is 1.09. The van der Waals surface area contributed by atoms with Crippen molar-refractivity contribution in [2.24, 2.45) is 0 Å². The Morgan fingerprint density at radius 2 is 2.07 bits per heavy atom. The predicted octanol–water partition coefficient (Wildman–Crippen LogP) is 2.02. The van der Waals surface area contributed by atoms with Crippen molar-refractivity contribution in [1.82, 2.24) is 14.7 Å². The number of ether oxygens (including phenoxy) is 1. The normalized spacial score (nSPS) is 11.0. The molecule has 1 aromatic carbocycles. The van der Waals surface area contributed by atoms with E-state index < -0.39 is 5.97 Å². The van der Waals surface area contributed by atoms with Gasteiger partial charge in [0.2, 0.25) is 5.91 Å². The first-order valence-corrected chi connectivity index (χ1v) is 9.12. The second-order valence-electron chi connectivity index (χ2n) is 5.59. The molecule has 0 fully saturated rings. The van der Waals surface area contributed by atoms with Crippen molar-refractivity contribution >= 4 is 34.3 Å². The van der Waals surface area contributed by atoms with Gasteiger partial charge in [-0.25, -0.2) is 4.98 Å². The third kappa shape index (κ3) is 5.35. The number of carbonyl (C=O) groups excluding carboxylic acids is 2. The molecule has 0 aliphatic carbocycles. The molecule has 27 heavy (non-hydrogen) atoms. The molecule has 0 unspecified atom stereocenters. The molecule has 3 aromatic rings. The van der Waals surface area contributed by atoms with Crippen molar-refractivity contribution in [3.05, 3.63) is 75.7 Å². The lowest BCUT2D eigenvalue weighted by Gasteiger charge is -2.05. The molecular formula is C19H17N3O4S. The summed E-state index contributed by atoms with van der Waals surface area (Å²) in [6.45, 7) is 0.0845. The first kappa shape index (κ1) is 18.5. The number of hydrogen-bond acceptors (Lipinski definition) is 6. The molecule has 138 valence electrons. The number of nitrogens with zero attached hydrogens (tertiary/aromatic N) is 2. The lowest BCUT2D eigenvalue weighted by molar-refractivity contribution is -0.144. The standard InChI is InChI=1S/C19H17N3O4S/c23-16(7-6-14-4-2-1-3-5-14)20-9-8-18(25)26-13-15-12-17(24)22-10-11-27-19(22)21-15/h1-7,10-12H,8-9,13H2,(H,20,23)/b7-6+. The highest BCUT2D eigenvalue weighted by Gasteiger charge is 2.08. The molecule has 0 saturated carbocycles. The molecule has 2 heterocycles. The van der Waals surface area contributed by atoms with Crippen LogP contribution in [0.5, 0.6) is 0 Å². The van der Waals surface area contributed by atoms with Gasteiger partial charge in [-0.1, -0.05) is 30.3 Å². The minimum Gasteiger partial charge on any atom is -0.459 e. The summed E-state index contributed by atoms with van der Waals surface area (Å²) in [6, 6.07) is 10.8. The zero-order valence-electron chi connectivity index (χ0n) is 14.3. The monoisotopic (exact) mass is 383 g/mol. The van der Waals surface area contributed by atoms with Gasteiger partial charge in [0.1, 0.15) is 6.61 Å². The number of nitrogens with one attached hydrogen (secondary N) is 1. The van der Waals surface area contributed by atoms with Crippen molar-refractivity contribution in [2.75, 3.05) is 6.54 Å². The van der Waals surface area contributed by atoms with Crippen LogP contribution in [-0.2, 0) is 20.9 Å². The number of esters is 1. The molecule has 0 spiro atoms. The molecule has 1 amide bonds. The van der Waals surface area contributed by atoms with Gasteiger partial charge in [-0.2, -0.15) is 0 Å². The number of benzene rings is 1. The topological polar surface area (TPSA) is 89.8 Å². The van der Waals surface area contributed by atoms with Gasteiger partial charge in [0.15, 0.2) is 4.96 Å². The Kier molecular flexibility index (Phi) is 6.11. The van der Waals surface area contributed by atoms with Crippen LogP contribution in [0.25, 0.3) is 11.0 Å². The van der Waals surface area contributed by atoms with Crippen molar-refractivity contribution in [3.63, 3.8) is 0 Å². The van der Waals surface area contributed by atoms with Gasteiger partial charge in [0, 0.05) is 30.3 Å². The van der Waals surface area contributed by atoms with E-state index in [9.17, 15) is 14.4 Å². The van der Waals surface area contributed by atoms with E-state index in [0.29, 0.717) is 10.7 Å². The molecule has 1 N–H and O–H groups in total. The maximum Gasteiger partial charge on any atom is 0.307 e. The zero-order valence-corrected chi connectivity index (χ0v) is 15.1. The van der Waals surface area contributed by atoms with Gasteiger partial charge in [-0.3, -0.25) is 18.8 Å². The molecule has 0 atom stereocenters. The highest BCUT2D eigenvalue weighted by Crippen LogP contribution is 2.07. The minimum absolute atomic E-state index is 0.0329. The molecule has 3 rings (SSSR count). The molecule has 0 saturated heterocycles. The highest BCUT2D eigenvalue weighted by molar-refractivity contribution is 7.15. The smallest absolute Gasteiger partial charge is 0.307 e. The van der Waals surface area contributed by atoms with Gasteiger partial charge in [-0.05, 0) is 11.6 Å². The summed E-state index contributed by atoms with van der Waals surface area (Å²) in [5, 5.41) is 4.38. The summed E-state index contributed by atoms with van der Waals surface area (Å²) < 4.78 is 6.53. The fraction of sp³-hybridized carbons (Fsp3) is 0.158. The Morgan fingerprint density at radius 3 is 2.89 bits per heavy atom. The number of thiazole rings is 1. The van der Waals surface area contributed by atoms with Crippen LogP contribution in [0.3, 0.4) is 0 Å². The van der Waals surface area contributed by atoms with E-state index in [1.807, 2.05) is 30.3 Å². The molecule has 0 bridgehead atoms. The predicted molar refractivity (Wildman–Crippen MR) is 102 cm³/mol. The van der Waals surface area contributed by atoms with Crippen LogP contribution in [0.15, 0.2) is 58.8 Å². The maximum atomic E-state index is 11.9.